The maximum atomic E-state index is 10.4. The summed E-state index contributed by atoms with van der Waals surface area (Å²) in [4.78, 5) is 10.4. The van der Waals surface area contributed by atoms with Crippen molar-refractivity contribution in [3.63, 3.8) is 0 Å². The molecule has 0 fully saturated rings. The monoisotopic (exact) mass is 267 g/mol. The number of benzene rings is 1. The van der Waals surface area contributed by atoms with Gasteiger partial charge in [0, 0.05) is 0 Å². The van der Waals surface area contributed by atoms with Crippen molar-refractivity contribution in [2.75, 3.05) is 12.8 Å². The van der Waals surface area contributed by atoms with E-state index in [2.05, 4.69) is 0 Å². The Bertz CT molecular complexity index is 511. The van der Waals surface area contributed by atoms with Crippen molar-refractivity contribution >= 4 is 22.3 Å². The minimum absolute atomic E-state index is 0.0671. The van der Waals surface area contributed by atoms with Crippen LogP contribution in [0, 0.1) is 0 Å². The van der Waals surface area contributed by atoms with E-state index in [9.17, 15) is 4.79 Å². The van der Waals surface area contributed by atoms with Gasteiger partial charge in [0.1, 0.15) is 0 Å². The summed E-state index contributed by atoms with van der Waals surface area (Å²) in [5.74, 6) is -0.953. The molecule has 1 aromatic carbocycles. The summed E-state index contributed by atoms with van der Waals surface area (Å²) in [7, 11) is 1.36. The molecule has 4 N–H and O–H groups in total. The van der Waals surface area contributed by atoms with Crippen molar-refractivity contribution in [2.24, 2.45) is 0 Å². The quantitative estimate of drug-likeness (QED) is 0.777. The van der Waals surface area contributed by atoms with Gasteiger partial charge in [-0.05, 0) is 35.7 Å². The number of ether oxygens (including phenoxy) is 1. The highest BCUT2D eigenvalue weighted by Crippen LogP contribution is 2.25. The third kappa shape index (κ3) is 3.99. The van der Waals surface area contributed by atoms with Crippen LogP contribution < -0.4 is 10.5 Å². The van der Waals surface area contributed by atoms with Crippen LogP contribution in [0.3, 0.4) is 0 Å². The molecule has 1 heterocycles. The number of carbonyl (C=O) groups is 1. The number of nitrogen functional groups attached to an aromatic ring is 1. The summed E-state index contributed by atoms with van der Waals surface area (Å²) in [6.07, 6.45) is 0. The Morgan fingerprint density at radius 3 is 2.50 bits per heavy atom. The lowest BCUT2D eigenvalue weighted by Crippen LogP contribution is -1.96. The van der Waals surface area contributed by atoms with Gasteiger partial charge in [0.2, 0.25) is 0 Å². The zero-order chi connectivity index (χ0) is 13.5. The predicted octanol–water partition coefficient (Wildman–Crippen LogP) is 2.43. The van der Waals surface area contributed by atoms with Crippen LogP contribution >= 0.6 is 11.3 Å². The molecule has 0 aliphatic rings. The van der Waals surface area contributed by atoms with E-state index in [1.165, 1.54) is 25.3 Å². The molecule has 0 spiro atoms. The standard InChI is InChI=1S/C8H8O4.C4H5NS/c1-12-7-4-5(8(10)11)2-3-6(7)9;5-4-2-1-3-6-4/h2-4,9H,1H3,(H,10,11);1-3H,5H2. The SMILES string of the molecule is COc1cc(C(=O)O)ccc1O.Nc1cccs1. The van der Waals surface area contributed by atoms with E-state index in [0.717, 1.165) is 5.00 Å². The number of phenolic OH excluding ortho intramolecular Hbond substituents is 1. The summed E-state index contributed by atoms with van der Waals surface area (Å²) < 4.78 is 4.72. The first-order valence-corrected chi connectivity index (χ1v) is 5.82. The Kier molecular flexibility index (Phi) is 5.01. The predicted molar refractivity (Wildman–Crippen MR) is 70.3 cm³/mol. The molecule has 6 heteroatoms. The highest BCUT2D eigenvalue weighted by Gasteiger charge is 2.06. The molecule has 0 aliphatic carbocycles. The van der Waals surface area contributed by atoms with E-state index in [1.54, 1.807) is 11.3 Å². The second-order valence-electron chi connectivity index (χ2n) is 3.21. The highest BCUT2D eigenvalue weighted by molar-refractivity contribution is 7.13. The largest absolute Gasteiger partial charge is 0.504 e. The van der Waals surface area contributed by atoms with Gasteiger partial charge in [-0.3, -0.25) is 0 Å². The summed E-state index contributed by atoms with van der Waals surface area (Å²) in [6.45, 7) is 0. The molecule has 0 radical (unpaired) electrons. The second-order valence-corrected chi connectivity index (χ2v) is 4.19. The number of hydrogen-bond acceptors (Lipinski definition) is 5. The zero-order valence-corrected chi connectivity index (χ0v) is 10.5. The lowest BCUT2D eigenvalue weighted by Gasteiger charge is -2.02. The first-order valence-electron chi connectivity index (χ1n) is 4.94. The molecule has 0 unspecified atom stereocenters. The maximum Gasteiger partial charge on any atom is 0.335 e. The van der Waals surface area contributed by atoms with Crippen LogP contribution in [0.2, 0.25) is 0 Å². The molecule has 0 atom stereocenters. The number of aromatic carboxylic acids is 1. The van der Waals surface area contributed by atoms with E-state index in [0.29, 0.717) is 0 Å². The lowest BCUT2D eigenvalue weighted by molar-refractivity contribution is 0.0696. The van der Waals surface area contributed by atoms with Gasteiger partial charge in [0.25, 0.3) is 0 Å². The first kappa shape index (κ1) is 13.9. The molecule has 1 aromatic heterocycles. The normalized spacial score (nSPS) is 9.17. The van der Waals surface area contributed by atoms with Crippen LogP contribution in [0.1, 0.15) is 10.4 Å². The topological polar surface area (TPSA) is 92.8 Å². The fourth-order valence-electron chi connectivity index (χ4n) is 1.10. The number of rotatable bonds is 2. The molecule has 0 aliphatic heterocycles. The number of aromatic hydroxyl groups is 1. The molecule has 5 nitrogen and oxygen atoms in total. The van der Waals surface area contributed by atoms with Crippen molar-refractivity contribution in [3.05, 3.63) is 41.3 Å². The van der Waals surface area contributed by atoms with Crippen molar-refractivity contribution < 1.29 is 19.7 Å². The van der Waals surface area contributed by atoms with Gasteiger partial charge in [-0.2, -0.15) is 0 Å². The average molecular weight is 267 g/mol. The van der Waals surface area contributed by atoms with E-state index < -0.39 is 5.97 Å². The fraction of sp³-hybridized carbons (Fsp3) is 0.0833. The number of thiophene rings is 1. The Balaban J connectivity index is 0.000000225. The Labute approximate surface area is 108 Å². The lowest BCUT2D eigenvalue weighted by atomic mass is 10.2. The van der Waals surface area contributed by atoms with Gasteiger partial charge in [-0.15, -0.1) is 11.3 Å². The maximum absolute atomic E-state index is 10.4. The molecular weight excluding hydrogens is 254 g/mol. The van der Waals surface area contributed by atoms with Gasteiger partial charge in [0.15, 0.2) is 11.5 Å². The van der Waals surface area contributed by atoms with Crippen LogP contribution in [-0.2, 0) is 0 Å². The minimum Gasteiger partial charge on any atom is -0.504 e. The molecule has 0 bridgehead atoms. The Morgan fingerprint density at radius 2 is 2.11 bits per heavy atom. The van der Waals surface area contributed by atoms with Crippen molar-refractivity contribution in [2.45, 2.75) is 0 Å². The molecule has 0 amide bonds. The third-order valence-corrected chi connectivity index (χ3v) is 2.67. The van der Waals surface area contributed by atoms with Gasteiger partial charge in [-0.1, -0.05) is 0 Å². The smallest absolute Gasteiger partial charge is 0.335 e. The van der Waals surface area contributed by atoms with Crippen LogP contribution in [-0.4, -0.2) is 23.3 Å². The number of methoxy groups -OCH3 is 1. The number of phenols is 1. The highest BCUT2D eigenvalue weighted by atomic mass is 32.1. The van der Waals surface area contributed by atoms with E-state index in [1.807, 2.05) is 17.5 Å². The van der Waals surface area contributed by atoms with Gasteiger partial charge in [-0.25, -0.2) is 4.79 Å². The molecule has 96 valence electrons. The van der Waals surface area contributed by atoms with Crippen molar-refractivity contribution in [3.8, 4) is 11.5 Å². The van der Waals surface area contributed by atoms with E-state index in [-0.39, 0.29) is 17.1 Å². The van der Waals surface area contributed by atoms with Crippen LogP contribution in [0.5, 0.6) is 11.5 Å². The number of hydrogen-bond donors (Lipinski definition) is 3. The van der Waals surface area contributed by atoms with Gasteiger partial charge < -0.3 is 20.7 Å². The summed E-state index contributed by atoms with van der Waals surface area (Å²) in [6, 6.07) is 7.66. The molecular formula is C12H13NO4S. The van der Waals surface area contributed by atoms with Crippen LogP contribution in [0.4, 0.5) is 5.00 Å². The molecule has 2 aromatic rings. The van der Waals surface area contributed by atoms with Gasteiger partial charge >= 0.3 is 5.97 Å². The average Bonchev–Trinajstić information content (AvgIpc) is 2.81. The molecule has 2 rings (SSSR count). The Morgan fingerprint density at radius 1 is 1.39 bits per heavy atom. The van der Waals surface area contributed by atoms with Crippen molar-refractivity contribution in [1.82, 2.24) is 0 Å². The Hall–Kier alpha value is -2.21. The first-order chi connectivity index (χ1) is 8.54. The summed E-state index contributed by atoms with van der Waals surface area (Å²) in [5.41, 5.74) is 5.38. The zero-order valence-electron chi connectivity index (χ0n) is 9.66. The number of carboxylic acids is 1. The van der Waals surface area contributed by atoms with Crippen molar-refractivity contribution in [1.29, 1.82) is 0 Å². The molecule has 0 saturated carbocycles. The summed E-state index contributed by atoms with van der Waals surface area (Å²) in [5, 5.41) is 20.5. The number of nitrogens with two attached hydrogens (primary N) is 1. The van der Waals surface area contributed by atoms with Crippen LogP contribution in [0.25, 0.3) is 0 Å². The fourth-order valence-corrected chi connectivity index (χ4v) is 1.57. The minimum atomic E-state index is -1.05. The summed E-state index contributed by atoms with van der Waals surface area (Å²) >= 11 is 1.56. The van der Waals surface area contributed by atoms with Gasteiger partial charge in [0.05, 0.1) is 17.7 Å². The van der Waals surface area contributed by atoms with Crippen LogP contribution in [0.15, 0.2) is 35.7 Å². The van der Waals surface area contributed by atoms with E-state index in [4.69, 9.17) is 20.7 Å². The number of anilines is 1. The third-order valence-electron chi connectivity index (χ3n) is 1.97. The molecule has 18 heavy (non-hydrogen) atoms. The second kappa shape index (κ2) is 6.51. The molecule has 0 saturated heterocycles. The van der Waals surface area contributed by atoms with E-state index >= 15 is 0 Å². The number of carboxylic acid groups (broad SMARTS) is 1.